The summed E-state index contributed by atoms with van der Waals surface area (Å²) in [6, 6.07) is 15.1. The molecule has 0 saturated carbocycles. The van der Waals surface area contributed by atoms with Crippen molar-refractivity contribution < 1.29 is 14.0 Å². The van der Waals surface area contributed by atoms with Crippen LogP contribution in [0.3, 0.4) is 0 Å². The lowest BCUT2D eigenvalue weighted by Gasteiger charge is -2.14. The minimum atomic E-state index is -0.279. The highest BCUT2D eigenvalue weighted by Gasteiger charge is 2.10. The normalized spacial score (nSPS) is 11.6. The minimum Gasteiger partial charge on any atom is -0.352 e. The molecule has 2 aromatic rings. The number of hydrogen-bond acceptors (Lipinski definition) is 2. The fraction of sp³-hybridized carbons (Fsp3) is 0.263. The summed E-state index contributed by atoms with van der Waals surface area (Å²) in [6.07, 6.45) is 1.37. The Bertz CT molecular complexity index is 689. The molecular formula is C19H21FN2O2. The highest BCUT2D eigenvalue weighted by molar-refractivity contribution is 5.96. The minimum absolute atomic E-state index is 0.0607. The van der Waals surface area contributed by atoms with Gasteiger partial charge in [-0.1, -0.05) is 30.3 Å². The molecule has 24 heavy (non-hydrogen) atoms. The smallest absolute Gasteiger partial charge is 0.251 e. The molecule has 0 aromatic heterocycles. The molecule has 126 valence electrons. The van der Waals surface area contributed by atoms with Gasteiger partial charge in [-0.05, 0) is 49.6 Å². The number of benzene rings is 2. The molecule has 2 aromatic carbocycles. The monoisotopic (exact) mass is 328 g/mol. The van der Waals surface area contributed by atoms with E-state index in [2.05, 4.69) is 10.6 Å². The van der Waals surface area contributed by atoms with Crippen LogP contribution in [-0.2, 0) is 11.2 Å². The van der Waals surface area contributed by atoms with E-state index < -0.39 is 0 Å². The predicted molar refractivity (Wildman–Crippen MR) is 91.1 cm³/mol. The summed E-state index contributed by atoms with van der Waals surface area (Å²) in [7, 11) is 0. The Morgan fingerprint density at radius 3 is 2.54 bits per heavy atom. The first-order valence-corrected chi connectivity index (χ1v) is 7.91. The van der Waals surface area contributed by atoms with E-state index in [1.807, 2.05) is 19.1 Å². The zero-order valence-electron chi connectivity index (χ0n) is 13.6. The molecule has 0 radical (unpaired) electrons. The van der Waals surface area contributed by atoms with E-state index in [-0.39, 0.29) is 30.2 Å². The van der Waals surface area contributed by atoms with Crippen LogP contribution < -0.4 is 10.6 Å². The average Bonchev–Trinajstić information content (AvgIpc) is 2.59. The van der Waals surface area contributed by atoms with E-state index in [4.69, 9.17) is 0 Å². The van der Waals surface area contributed by atoms with Crippen LogP contribution in [-0.4, -0.2) is 24.4 Å². The van der Waals surface area contributed by atoms with Crippen molar-refractivity contribution in [1.82, 2.24) is 10.6 Å². The van der Waals surface area contributed by atoms with E-state index in [1.165, 1.54) is 12.1 Å². The number of halogens is 1. The first-order valence-electron chi connectivity index (χ1n) is 7.91. The first-order chi connectivity index (χ1) is 11.5. The third-order valence-corrected chi connectivity index (χ3v) is 3.61. The van der Waals surface area contributed by atoms with E-state index >= 15 is 0 Å². The summed E-state index contributed by atoms with van der Waals surface area (Å²) < 4.78 is 13.1. The zero-order valence-corrected chi connectivity index (χ0v) is 13.6. The molecule has 0 aliphatic heterocycles. The lowest BCUT2D eigenvalue weighted by atomic mass is 10.1. The van der Waals surface area contributed by atoms with Gasteiger partial charge >= 0.3 is 0 Å². The maximum atomic E-state index is 13.1. The molecular weight excluding hydrogens is 307 g/mol. The van der Waals surface area contributed by atoms with Gasteiger partial charge in [0.2, 0.25) is 5.91 Å². The Balaban J connectivity index is 1.70. The third kappa shape index (κ3) is 5.83. The summed E-state index contributed by atoms with van der Waals surface area (Å²) in [6.45, 7) is 1.81. The fourth-order valence-corrected chi connectivity index (χ4v) is 2.33. The molecule has 2 rings (SSSR count). The van der Waals surface area contributed by atoms with Crippen LogP contribution in [0.15, 0.2) is 54.6 Å². The number of rotatable bonds is 7. The second-order valence-electron chi connectivity index (χ2n) is 5.69. The van der Waals surface area contributed by atoms with Crippen LogP contribution >= 0.6 is 0 Å². The fourth-order valence-electron chi connectivity index (χ4n) is 2.33. The van der Waals surface area contributed by atoms with Crippen LogP contribution in [0.2, 0.25) is 0 Å². The number of amides is 2. The van der Waals surface area contributed by atoms with E-state index in [9.17, 15) is 14.0 Å². The van der Waals surface area contributed by atoms with Crippen molar-refractivity contribution >= 4 is 11.8 Å². The van der Waals surface area contributed by atoms with Crippen LogP contribution in [0.1, 0.15) is 29.3 Å². The molecule has 0 bridgehead atoms. The largest absolute Gasteiger partial charge is 0.352 e. The summed E-state index contributed by atoms with van der Waals surface area (Å²) >= 11 is 0. The Kier molecular flexibility index (Phi) is 6.49. The van der Waals surface area contributed by atoms with E-state index in [1.54, 1.807) is 30.3 Å². The second-order valence-corrected chi connectivity index (χ2v) is 5.69. The van der Waals surface area contributed by atoms with Crippen molar-refractivity contribution in [2.45, 2.75) is 25.8 Å². The van der Waals surface area contributed by atoms with Crippen LogP contribution in [0.4, 0.5) is 4.39 Å². The molecule has 1 atom stereocenters. The van der Waals surface area contributed by atoms with Gasteiger partial charge in [0.25, 0.3) is 5.91 Å². The van der Waals surface area contributed by atoms with Gasteiger partial charge in [-0.3, -0.25) is 9.59 Å². The number of aryl methyl sites for hydroxylation is 1. The van der Waals surface area contributed by atoms with Gasteiger partial charge in [0.15, 0.2) is 0 Å². The molecule has 2 amide bonds. The molecule has 0 aliphatic rings. The van der Waals surface area contributed by atoms with Gasteiger partial charge in [0.05, 0.1) is 6.54 Å². The van der Waals surface area contributed by atoms with Crippen molar-refractivity contribution in [2.24, 2.45) is 0 Å². The van der Waals surface area contributed by atoms with E-state index in [0.717, 1.165) is 5.56 Å². The number of hydrogen-bond donors (Lipinski definition) is 2. The SMILES string of the molecule is C[C@H](CCc1cccc(F)c1)NC(=O)CNC(=O)c1ccccc1. The van der Waals surface area contributed by atoms with E-state index in [0.29, 0.717) is 18.4 Å². The molecule has 2 N–H and O–H groups in total. The van der Waals surface area contributed by atoms with Gasteiger partial charge in [0, 0.05) is 11.6 Å². The Hall–Kier alpha value is -2.69. The van der Waals surface area contributed by atoms with Gasteiger partial charge < -0.3 is 10.6 Å². The standard InChI is InChI=1S/C19H21FN2O2/c1-14(10-11-15-6-5-9-17(20)12-15)22-18(23)13-21-19(24)16-7-3-2-4-8-16/h2-9,12,14H,10-11,13H2,1H3,(H,21,24)(H,22,23)/t14-/m1/s1. The van der Waals surface area contributed by atoms with Gasteiger partial charge in [-0.15, -0.1) is 0 Å². The molecule has 5 heteroatoms. The molecule has 0 spiro atoms. The molecule has 4 nitrogen and oxygen atoms in total. The van der Waals surface area contributed by atoms with Crippen molar-refractivity contribution in [1.29, 1.82) is 0 Å². The highest BCUT2D eigenvalue weighted by atomic mass is 19.1. The average molecular weight is 328 g/mol. The second kappa shape index (κ2) is 8.82. The van der Waals surface area contributed by atoms with Crippen LogP contribution in [0.25, 0.3) is 0 Å². The van der Waals surface area contributed by atoms with Crippen LogP contribution in [0, 0.1) is 5.82 Å². The topological polar surface area (TPSA) is 58.2 Å². The molecule has 0 unspecified atom stereocenters. The summed E-state index contributed by atoms with van der Waals surface area (Å²) in [4.78, 5) is 23.7. The summed E-state index contributed by atoms with van der Waals surface area (Å²) in [5.41, 5.74) is 1.41. The van der Waals surface area contributed by atoms with Crippen molar-refractivity contribution in [3.05, 3.63) is 71.5 Å². The maximum Gasteiger partial charge on any atom is 0.251 e. The Morgan fingerprint density at radius 2 is 1.83 bits per heavy atom. The number of nitrogens with one attached hydrogen (secondary N) is 2. The summed E-state index contributed by atoms with van der Waals surface area (Å²) in [5, 5.41) is 5.41. The van der Waals surface area contributed by atoms with Gasteiger partial charge in [0.1, 0.15) is 5.82 Å². The lowest BCUT2D eigenvalue weighted by Crippen LogP contribution is -2.41. The van der Waals surface area contributed by atoms with Gasteiger partial charge in [-0.2, -0.15) is 0 Å². The summed E-state index contributed by atoms with van der Waals surface area (Å²) in [5.74, 6) is -0.781. The Morgan fingerprint density at radius 1 is 1.08 bits per heavy atom. The number of carbonyl (C=O) groups excluding carboxylic acids is 2. The first kappa shape index (κ1) is 17.7. The van der Waals surface area contributed by atoms with Gasteiger partial charge in [-0.25, -0.2) is 4.39 Å². The lowest BCUT2D eigenvalue weighted by molar-refractivity contribution is -0.120. The predicted octanol–water partition coefficient (Wildman–Crippen LogP) is 2.69. The maximum absolute atomic E-state index is 13.1. The number of carbonyl (C=O) groups is 2. The molecule has 0 aliphatic carbocycles. The van der Waals surface area contributed by atoms with Crippen molar-refractivity contribution in [2.75, 3.05) is 6.54 Å². The zero-order chi connectivity index (χ0) is 17.4. The van der Waals surface area contributed by atoms with Crippen molar-refractivity contribution in [3.8, 4) is 0 Å². The van der Waals surface area contributed by atoms with Crippen molar-refractivity contribution in [3.63, 3.8) is 0 Å². The molecule has 0 heterocycles. The molecule has 0 fully saturated rings. The van der Waals surface area contributed by atoms with Crippen LogP contribution in [0.5, 0.6) is 0 Å². The quantitative estimate of drug-likeness (QED) is 0.821. The Labute approximate surface area is 141 Å². The molecule has 0 saturated heterocycles. The third-order valence-electron chi connectivity index (χ3n) is 3.61. The highest BCUT2D eigenvalue weighted by Crippen LogP contribution is 2.07.